The van der Waals surface area contributed by atoms with Crippen LogP contribution in [0.25, 0.3) is 0 Å². The topological polar surface area (TPSA) is 87.1 Å². The zero-order valence-corrected chi connectivity index (χ0v) is 13.4. The predicted octanol–water partition coefficient (Wildman–Crippen LogP) is 0.670. The van der Waals surface area contributed by atoms with Crippen molar-refractivity contribution in [1.29, 1.82) is 0 Å². The standard InChI is InChI=1S/C13H24N2O5S/c1-14(10-6-4-3-5-7-10)21(18,19)15-9-11(20-2)8-12(15)13(16)17/h10-12H,3-9H2,1-2H3,(H,16,17). The number of carbonyl (C=O) groups is 1. The first-order valence-electron chi connectivity index (χ1n) is 7.38. The van der Waals surface area contributed by atoms with E-state index in [1.54, 1.807) is 7.05 Å². The third-order valence-electron chi connectivity index (χ3n) is 4.58. The summed E-state index contributed by atoms with van der Waals surface area (Å²) in [5.74, 6) is -1.12. The largest absolute Gasteiger partial charge is 0.480 e. The van der Waals surface area contributed by atoms with E-state index in [9.17, 15) is 18.3 Å². The average Bonchev–Trinajstić information content (AvgIpc) is 2.92. The van der Waals surface area contributed by atoms with E-state index in [1.165, 1.54) is 11.4 Å². The number of hydrogen-bond acceptors (Lipinski definition) is 4. The summed E-state index contributed by atoms with van der Waals surface area (Å²) < 4.78 is 33.1. The zero-order chi connectivity index (χ0) is 15.6. The first-order valence-corrected chi connectivity index (χ1v) is 8.78. The van der Waals surface area contributed by atoms with Crippen molar-refractivity contribution in [2.75, 3.05) is 20.7 Å². The summed E-state index contributed by atoms with van der Waals surface area (Å²) in [5.41, 5.74) is 0. The third-order valence-corrected chi connectivity index (χ3v) is 6.61. The van der Waals surface area contributed by atoms with Crippen LogP contribution in [0.1, 0.15) is 38.5 Å². The van der Waals surface area contributed by atoms with E-state index in [0.717, 1.165) is 36.4 Å². The lowest BCUT2D eigenvalue weighted by Crippen LogP contribution is -2.50. The zero-order valence-electron chi connectivity index (χ0n) is 12.6. The summed E-state index contributed by atoms with van der Waals surface area (Å²) in [6, 6.07) is -1.06. The number of carboxylic acid groups (broad SMARTS) is 1. The molecule has 8 heteroatoms. The molecule has 0 bridgehead atoms. The molecule has 2 rings (SSSR count). The van der Waals surface area contributed by atoms with Gasteiger partial charge in [-0.3, -0.25) is 4.79 Å². The summed E-state index contributed by atoms with van der Waals surface area (Å²) in [7, 11) is -0.733. The Labute approximate surface area is 126 Å². The highest BCUT2D eigenvalue weighted by molar-refractivity contribution is 7.86. The minimum atomic E-state index is -3.77. The van der Waals surface area contributed by atoms with E-state index in [2.05, 4.69) is 0 Å². The molecule has 1 N–H and O–H groups in total. The van der Waals surface area contributed by atoms with Crippen molar-refractivity contribution < 1.29 is 23.1 Å². The monoisotopic (exact) mass is 320 g/mol. The van der Waals surface area contributed by atoms with Crippen LogP contribution in [0.4, 0.5) is 0 Å². The van der Waals surface area contributed by atoms with E-state index in [1.807, 2.05) is 0 Å². The van der Waals surface area contributed by atoms with E-state index in [0.29, 0.717) is 0 Å². The van der Waals surface area contributed by atoms with Crippen molar-refractivity contribution >= 4 is 16.2 Å². The molecular formula is C13H24N2O5S. The molecule has 1 aliphatic carbocycles. The molecule has 1 aliphatic heterocycles. The van der Waals surface area contributed by atoms with Gasteiger partial charge in [0.25, 0.3) is 10.2 Å². The van der Waals surface area contributed by atoms with Crippen LogP contribution in [0.2, 0.25) is 0 Å². The summed E-state index contributed by atoms with van der Waals surface area (Å²) in [5, 5.41) is 9.27. The number of hydrogen-bond donors (Lipinski definition) is 1. The molecule has 2 unspecified atom stereocenters. The molecule has 0 aromatic heterocycles. The SMILES string of the molecule is COC1CC(C(=O)O)N(S(=O)(=O)N(C)C2CCCCC2)C1. The van der Waals surface area contributed by atoms with Gasteiger partial charge >= 0.3 is 5.97 Å². The molecular weight excluding hydrogens is 296 g/mol. The van der Waals surface area contributed by atoms with Crippen LogP contribution in [-0.4, -0.2) is 67.0 Å². The van der Waals surface area contributed by atoms with Crippen LogP contribution in [-0.2, 0) is 19.7 Å². The first kappa shape index (κ1) is 16.7. The number of methoxy groups -OCH3 is 1. The second-order valence-corrected chi connectivity index (χ2v) is 7.77. The minimum Gasteiger partial charge on any atom is -0.480 e. The van der Waals surface area contributed by atoms with Crippen LogP contribution >= 0.6 is 0 Å². The van der Waals surface area contributed by atoms with Crippen LogP contribution in [0.5, 0.6) is 0 Å². The van der Waals surface area contributed by atoms with Gasteiger partial charge in [-0.2, -0.15) is 17.0 Å². The molecule has 2 atom stereocenters. The fraction of sp³-hybridized carbons (Fsp3) is 0.923. The van der Waals surface area contributed by atoms with E-state index < -0.39 is 22.2 Å². The van der Waals surface area contributed by atoms with E-state index in [4.69, 9.17) is 4.74 Å². The van der Waals surface area contributed by atoms with Crippen molar-refractivity contribution in [2.45, 2.75) is 56.7 Å². The van der Waals surface area contributed by atoms with Gasteiger partial charge in [0.15, 0.2) is 0 Å². The molecule has 0 amide bonds. The Morgan fingerprint density at radius 1 is 1.29 bits per heavy atom. The first-order chi connectivity index (χ1) is 9.87. The van der Waals surface area contributed by atoms with Gasteiger partial charge < -0.3 is 9.84 Å². The number of ether oxygens (including phenoxy) is 1. The Morgan fingerprint density at radius 2 is 1.90 bits per heavy atom. The summed E-state index contributed by atoms with van der Waals surface area (Å²) in [4.78, 5) is 11.3. The maximum atomic E-state index is 12.7. The number of carboxylic acids is 1. The fourth-order valence-corrected chi connectivity index (χ4v) is 4.99. The number of rotatable bonds is 5. The van der Waals surface area contributed by atoms with Gasteiger partial charge in [0.1, 0.15) is 6.04 Å². The van der Waals surface area contributed by atoms with Gasteiger partial charge in [0, 0.05) is 33.2 Å². The maximum Gasteiger partial charge on any atom is 0.322 e. The molecule has 122 valence electrons. The molecule has 0 radical (unpaired) electrons. The molecule has 1 heterocycles. The molecule has 7 nitrogen and oxygen atoms in total. The van der Waals surface area contributed by atoms with E-state index >= 15 is 0 Å². The summed E-state index contributed by atoms with van der Waals surface area (Å²) in [6.07, 6.45) is 4.70. The van der Waals surface area contributed by atoms with Crippen LogP contribution in [0.15, 0.2) is 0 Å². The maximum absolute atomic E-state index is 12.7. The highest BCUT2D eigenvalue weighted by Crippen LogP contribution is 2.29. The van der Waals surface area contributed by atoms with Crippen molar-refractivity contribution in [3.63, 3.8) is 0 Å². The highest BCUT2D eigenvalue weighted by atomic mass is 32.2. The van der Waals surface area contributed by atoms with Gasteiger partial charge in [-0.25, -0.2) is 0 Å². The lowest BCUT2D eigenvalue weighted by molar-refractivity contribution is -0.140. The molecule has 2 aliphatic rings. The van der Waals surface area contributed by atoms with Gasteiger partial charge in [-0.05, 0) is 12.8 Å². The summed E-state index contributed by atoms with van der Waals surface area (Å²) >= 11 is 0. The minimum absolute atomic E-state index is 0.0280. The lowest BCUT2D eigenvalue weighted by atomic mass is 9.96. The van der Waals surface area contributed by atoms with Crippen molar-refractivity contribution in [2.24, 2.45) is 0 Å². The average molecular weight is 320 g/mol. The molecule has 21 heavy (non-hydrogen) atoms. The number of aliphatic carboxylic acids is 1. The Balaban J connectivity index is 2.18. The van der Waals surface area contributed by atoms with Crippen molar-refractivity contribution in [1.82, 2.24) is 8.61 Å². The number of nitrogens with zero attached hydrogens (tertiary/aromatic N) is 2. The second-order valence-electron chi connectivity index (χ2n) is 5.83. The van der Waals surface area contributed by atoms with Crippen molar-refractivity contribution in [3.05, 3.63) is 0 Å². The van der Waals surface area contributed by atoms with Gasteiger partial charge in [-0.15, -0.1) is 0 Å². The molecule has 0 aromatic rings. The quantitative estimate of drug-likeness (QED) is 0.804. The van der Waals surface area contributed by atoms with Gasteiger partial charge in [0.2, 0.25) is 0 Å². The van der Waals surface area contributed by atoms with Crippen LogP contribution in [0, 0.1) is 0 Å². The normalized spacial score (nSPS) is 29.1. The highest BCUT2D eigenvalue weighted by Gasteiger charge is 2.46. The van der Waals surface area contributed by atoms with Gasteiger partial charge in [0.05, 0.1) is 6.10 Å². The summed E-state index contributed by atoms with van der Waals surface area (Å²) in [6.45, 7) is 0.104. The van der Waals surface area contributed by atoms with Crippen LogP contribution < -0.4 is 0 Å². The third kappa shape index (κ3) is 3.39. The molecule has 0 spiro atoms. The lowest BCUT2D eigenvalue weighted by Gasteiger charge is -2.34. The molecule has 0 aromatic carbocycles. The van der Waals surface area contributed by atoms with E-state index in [-0.39, 0.29) is 25.1 Å². The molecule has 1 saturated carbocycles. The smallest absolute Gasteiger partial charge is 0.322 e. The Morgan fingerprint density at radius 3 is 2.43 bits per heavy atom. The molecule has 2 fully saturated rings. The Hall–Kier alpha value is -0.700. The van der Waals surface area contributed by atoms with Crippen molar-refractivity contribution in [3.8, 4) is 0 Å². The predicted molar refractivity (Wildman–Crippen MR) is 77.1 cm³/mol. The molecule has 1 saturated heterocycles. The second kappa shape index (κ2) is 6.60. The fourth-order valence-electron chi connectivity index (χ4n) is 3.22. The Kier molecular flexibility index (Phi) is 5.24. The van der Waals surface area contributed by atoms with Gasteiger partial charge in [-0.1, -0.05) is 19.3 Å². The Bertz CT molecular complexity index is 475. The van der Waals surface area contributed by atoms with Crippen LogP contribution in [0.3, 0.4) is 0 Å².